The summed E-state index contributed by atoms with van der Waals surface area (Å²) < 4.78 is 0. The molecular formula is C14H24N2O2. The van der Waals surface area contributed by atoms with Gasteiger partial charge >= 0.3 is 0 Å². The van der Waals surface area contributed by atoms with Gasteiger partial charge in [0.15, 0.2) is 0 Å². The molecule has 0 aromatic heterocycles. The summed E-state index contributed by atoms with van der Waals surface area (Å²) in [6, 6.07) is -0.0941. The average molecular weight is 252 g/mol. The Balaban J connectivity index is 2.58. The summed E-state index contributed by atoms with van der Waals surface area (Å²) in [4.78, 5) is 25.4. The molecule has 1 N–H and O–H groups in total. The number of hydrogen-bond donors (Lipinski definition) is 1. The van der Waals surface area contributed by atoms with Gasteiger partial charge in [-0.15, -0.1) is 0 Å². The van der Waals surface area contributed by atoms with E-state index >= 15 is 0 Å². The van der Waals surface area contributed by atoms with E-state index in [4.69, 9.17) is 0 Å². The quantitative estimate of drug-likeness (QED) is 0.759. The van der Waals surface area contributed by atoms with Gasteiger partial charge in [-0.2, -0.15) is 0 Å². The number of carbonyl (C=O) groups excluding carboxylic acids is 2. The molecule has 4 heteroatoms. The van der Waals surface area contributed by atoms with Crippen LogP contribution in [0.4, 0.5) is 0 Å². The molecule has 1 aliphatic rings. The Morgan fingerprint density at radius 3 is 2.50 bits per heavy atom. The van der Waals surface area contributed by atoms with Gasteiger partial charge in [0.05, 0.1) is 0 Å². The third-order valence-electron chi connectivity index (χ3n) is 3.68. The summed E-state index contributed by atoms with van der Waals surface area (Å²) in [6.07, 6.45) is 7.62. The smallest absolute Gasteiger partial charge is 0.245 e. The predicted molar refractivity (Wildman–Crippen MR) is 72.1 cm³/mol. The van der Waals surface area contributed by atoms with Gasteiger partial charge in [0.2, 0.25) is 11.8 Å². The van der Waals surface area contributed by atoms with Crippen LogP contribution in [0.3, 0.4) is 0 Å². The molecule has 0 heterocycles. The second-order valence-corrected chi connectivity index (χ2v) is 4.91. The van der Waals surface area contributed by atoms with Crippen LogP contribution in [-0.4, -0.2) is 35.8 Å². The van der Waals surface area contributed by atoms with Crippen molar-refractivity contribution in [3.05, 3.63) is 12.7 Å². The molecule has 0 aromatic rings. The van der Waals surface area contributed by atoms with E-state index in [2.05, 4.69) is 11.9 Å². The van der Waals surface area contributed by atoms with E-state index in [1.54, 1.807) is 0 Å². The van der Waals surface area contributed by atoms with Gasteiger partial charge in [0, 0.05) is 13.1 Å². The number of amides is 2. The van der Waals surface area contributed by atoms with Crippen molar-refractivity contribution in [1.82, 2.24) is 10.2 Å². The van der Waals surface area contributed by atoms with Crippen molar-refractivity contribution in [2.45, 2.75) is 57.5 Å². The molecule has 18 heavy (non-hydrogen) atoms. The summed E-state index contributed by atoms with van der Waals surface area (Å²) in [5, 5.41) is 2.69. The van der Waals surface area contributed by atoms with Crippen LogP contribution in [0.25, 0.3) is 0 Å². The molecule has 1 fully saturated rings. The maximum Gasteiger partial charge on any atom is 0.245 e. The van der Waals surface area contributed by atoms with Crippen LogP contribution in [0.15, 0.2) is 12.7 Å². The third kappa shape index (κ3) is 3.86. The Labute approximate surface area is 109 Å². The van der Waals surface area contributed by atoms with Crippen LogP contribution in [0.1, 0.15) is 45.4 Å². The first kappa shape index (κ1) is 14.7. The minimum atomic E-state index is -0.428. The number of hydrogen-bond acceptors (Lipinski definition) is 2. The monoisotopic (exact) mass is 252 g/mol. The highest BCUT2D eigenvalue weighted by Gasteiger charge is 2.27. The zero-order valence-corrected chi connectivity index (χ0v) is 11.4. The molecule has 0 radical (unpaired) electrons. The lowest BCUT2D eigenvalue weighted by atomic mass is 9.94. The molecular weight excluding hydrogens is 228 g/mol. The largest absolute Gasteiger partial charge is 0.341 e. The molecule has 1 aliphatic carbocycles. The van der Waals surface area contributed by atoms with Crippen LogP contribution in [0.2, 0.25) is 0 Å². The van der Waals surface area contributed by atoms with E-state index in [1.165, 1.54) is 25.3 Å². The van der Waals surface area contributed by atoms with Gasteiger partial charge in [0.25, 0.3) is 0 Å². The van der Waals surface area contributed by atoms with Gasteiger partial charge in [-0.25, -0.2) is 0 Å². The minimum Gasteiger partial charge on any atom is -0.341 e. The zero-order valence-electron chi connectivity index (χ0n) is 11.4. The molecule has 0 bridgehead atoms. The van der Waals surface area contributed by atoms with Gasteiger partial charge in [-0.3, -0.25) is 9.59 Å². The molecule has 0 saturated heterocycles. The Hall–Kier alpha value is -1.32. The Bertz CT molecular complexity index is 309. The fourth-order valence-corrected chi connectivity index (χ4v) is 2.46. The lowest BCUT2D eigenvalue weighted by Gasteiger charge is -2.33. The SMILES string of the molecule is C=CC(=O)NC(CC)C(=O)N(C)C1CCCCC1. The number of rotatable bonds is 5. The molecule has 1 atom stereocenters. The summed E-state index contributed by atoms with van der Waals surface area (Å²) in [5.41, 5.74) is 0. The van der Waals surface area contributed by atoms with Crippen molar-refractivity contribution in [1.29, 1.82) is 0 Å². The van der Waals surface area contributed by atoms with Crippen LogP contribution in [0, 0.1) is 0 Å². The Morgan fingerprint density at radius 2 is 2.00 bits per heavy atom. The lowest BCUT2D eigenvalue weighted by molar-refractivity contribution is -0.137. The summed E-state index contributed by atoms with van der Waals surface area (Å²) >= 11 is 0. The summed E-state index contributed by atoms with van der Waals surface area (Å²) in [5.74, 6) is -0.271. The number of nitrogens with one attached hydrogen (secondary N) is 1. The van der Waals surface area contributed by atoms with Crippen LogP contribution in [-0.2, 0) is 9.59 Å². The lowest BCUT2D eigenvalue weighted by Crippen LogP contribution is -2.50. The molecule has 0 spiro atoms. The molecule has 0 aromatic carbocycles. The molecule has 2 amide bonds. The first-order valence-electron chi connectivity index (χ1n) is 6.79. The Morgan fingerprint density at radius 1 is 1.39 bits per heavy atom. The van der Waals surface area contributed by atoms with E-state index in [1.807, 2.05) is 18.9 Å². The summed E-state index contributed by atoms with van der Waals surface area (Å²) in [6.45, 7) is 5.31. The number of nitrogens with zero attached hydrogens (tertiary/aromatic N) is 1. The first-order valence-corrected chi connectivity index (χ1v) is 6.79. The normalized spacial score (nSPS) is 17.9. The van der Waals surface area contributed by atoms with Gasteiger partial charge in [0.1, 0.15) is 6.04 Å². The van der Waals surface area contributed by atoms with Crippen LogP contribution < -0.4 is 5.32 Å². The van der Waals surface area contributed by atoms with Crippen molar-refractivity contribution in [2.24, 2.45) is 0 Å². The van der Waals surface area contributed by atoms with Crippen molar-refractivity contribution in [3.8, 4) is 0 Å². The van der Waals surface area contributed by atoms with E-state index in [-0.39, 0.29) is 11.8 Å². The Kier molecular flexibility index (Phi) is 5.89. The topological polar surface area (TPSA) is 49.4 Å². The summed E-state index contributed by atoms with van der Waals surface area (Å²) in [7, 11) is 1.85. The fraction of sp³-hybridized carbons (Fsp3) is 0.714. The highest BCUT2D eigenvalue weighted by atomic mass is 16.2. The number of carbonyl (C=O) groups is 2. The molecule has 102 valence electrons. The fourth-order valence-electron chi connectivity index (χ4n) is 2.46. The van der Waals surface area contributed by atoms with E-state index in [9.17, 15) is 9.59 Å². The molecule has 1 unspecified atom stereocenters. The highest BCUT2D eigenvalue weighted by molar-refractivity contribution is 5.92. The third-order valence-corrected chi connectivity index (χ3v) is 3.68. The maximum atomic E-state index is 12.3. The molecule has 0 aliphatic heterocycles. The van der Waals surface area contributed by atoms with Gasteiger partial charge in [-0.1, -0.05) is 32.8 Å². The zero-order chi connectivity index (χ0) is 13.5. The second-order valence-electron chi connectivity index (χ2n) is 4.91. The highest BCUT2D eigenvalue weighted by Crippen LogP contribution is 2.22. The van der Waals surface area contributed by atoms with Crippen LogP contribution >= 0.6 is 0 Å². The number of likely N-dealkylation sites (N-methyl/N-ethyl adjacent to an activating group) is 1. The minimum absolute atomic E-state index is 0.0135. The van der Waals surface area contributed by atoms with E-state index < -0.39 is 6.04 Å². The van der Waals surface area contributed by atoms with Gasteiger partial charge < -0.3 is 10.2 Å². The van der Waals surface area contributed by atoms with Crippen molar-refractivity contribution < 1.29 is 9.59 Å². The standard InChI is InChI=1S/C14H24N2O2/c1-4-12(15-13(17)5-2)14(18)16(3)11-9-7-6-8-10-11/h5,11-12H,2,4,6-10H2,1,3H3,(H,15,17). The maximum absolute atomic E-state index is 12.3. The van der Waals surface area contributed by atoms with Crippen molar-refractivity contribution in [3.63, 3.8) is 0 Å². The van der Waals surface area contributed by atoms with Gasteiger partial charge in [-0.05, 0) is 25.3 Å². The molecule has 1 rings (SSSR count). The van der Waals surface area contributed by atoms with Crippen molar-refractivity contribution >= 4 is 11.8 Å². The second kappa shape index (κ2) is 7.19. The van der Waals surface area contributed by atoms with E-state index in [0.717, 1.165) is 12.8 Å². The molecule has 1 saturated carbocycles. The predicted octanol–water partition coefficient (Wildman–Crippen LogP) is 1.86. The van der Waals surface area contributed by atoms with E-state index in [0.29, 0.717) is 12.5 Å². The first-order chi connectivity index (χ1) is 8.60. The van der Waals surface area contributed by atoms with Crippen LogP contribution in [0.5, 0.6) is 0 Å². The van der Waals surface area contributed by atoms with Crippen molar-refractivity contribution in [2.75, 3.05) is 7.05 Å². The average Bonchev–Trinajstić information content (AvgIpc) is 2.43. The molecule has 4 nitrogen and oxygen atoms in total.